The van der Waals surface area contributed by atoms with E-state index in [0.717, 1.165) is 43.6 Å². The van der Waals surface area contributed by atoms with Crippen LogP contribution in [0.2, 0.25) is 0 Å². The van der Waals surface area contributed by atoms with Gasteiger partial charge in [0.25, 0.3) is 0 Å². The molecule has 6 rings (SSSR count). The number of anilines is 4. The van der Waals surface area contributed by atoms with Crippen molar-refractivity contribution < 1.29 is 13.6 Å². The van der Waals surface area contributed by atoms with E-state index in [1.165, 1.54) is 6.07 Å². The molecule has 3 aliphatic heterocycles. The first-order valence-corrected chi connectivity index (χ1v) is 14.5. The van der Waals surface area contributed by atoms with Crippen LogP contribution >= 0.6 is 0 Å². The van der Waals surface area contributed by atoms with Crippen molar-refractivity contribution in [2.45, 2.75) is 45.9 Å². The summed E-state index contributed by atoms with van der Waals surface area (Å²) < 4.78 is 30.0. The number of aromatic nitrogens is 3. The lowest BCUT2D eigenvalue weighted by Crippen LogP contribution is -2.49. The van der Waals surface area contributed by atoms with Gasteiger partial charge in [0, 0.05) is 63.0 Å². The highest BCUT2D eigenvalue weighted by Gasteiger charge is 2.31. The van der Waals surface area contributed by atoms with Crippen LogP contribution in [0, 0.1) is 11.6 Å². The van der Waals surface area contributed by atoms with Crippen LogP contribution in [-0.4, -0.2) is 94.1 Å². The van der Waals surface area contributed by atoms with Crippen molar-refractivity contribution in [1.82, 2.24) is 29.7 Å². The minimum Gasteiger partial charge on any atom is -0.361 e. The molecule has 1 unspecified atom stereocenters. The molecule has 10 nitrogen and oxygen atoms in total. The van der Waals surface area contributed by atoms with Gasteiger partial charge < -0.3 is 25.3 Å². The summed E-state index contributed by atoms with van der Waals surface area (Å²) in [6.07, 6.45) is 1.63. The zero-order valence-electron chi connectivity index (χ0n) is 24.5. The molecule has 3 aromatic rings. The Bertz CT molecular complexity index is 1490. The number of likely N-dealkylation sites (N-methyl/N-ethyl adjacent to an activating group) is 1. The normalized spacial score (nSPS) is 19.1. The first-order valence-electron chi connectivity index (χ1n) is 14.5. The summed E-state index contributed by atoms with van der Waals surface area (Å²) >= 11 is 0. The summed E-state index contributed by atoms with van der Waals surface area (Å²) in [6.45, 7) is 11.4. The van der Waals surface area contributed by atoms with E-state index in [1.54, 1.807) is 6.07 Å². The monoisotopic (exact) mass is 577 g/mol. The van der Waals surface area contributed by atoms with Crippen molar-refractivity contribution in [3.05, 3.63) is 53.4 Å². The first kappa shape index (κ1) is 28.2. The third kappa shape index (κ3) is 5.60. The van der Waals surface area contributed by atoms with Gasteiger partial charge in [-0.15, -0.1) is 0 Å². The number of halogens is 2. The van der Waals surface area contributed by atoms with E-state index in [9.17, 15) is 9.18 Å². The number of nitrogens with one attached hydrogen (secondary N) is 2. The number of piperazine rings is 1. The SMILES string of the molecule is CC(C)N1c2cc(-c3nc(Nc4ccc5c(n4)CCN(C(=O)CN4CCN(C)CC4)C5)ncc3F)cc(F)c2NC1C. The van der Waals surface area contributed by atoms with Gasteiger partial charge in [-0.1, -0.05) is 6.07 Å². The summed E-state index contributed by atoms with van der Waals surface area (Å²) in [7, 11) is 2.10. The number of benzene rings is 1. The molecule has 2 N–H and O–H groups in total. The van der Waals surface area contributed by atoms with Crippen LogP contribution in [-0.2, 0) is 17.8 Å². The third-order valence-electron chi connectivity index (χ3n) is 8.29. The second-order valence-corrected chi connectivity index (χ2v) is 11.6. The summed E-state index contributed by atoms with van der Waals surface area (Å²) in [5, 5.41) is 6.24. The number of fused-ring (bicyclic) bond motifs is 2. The van der Waals surface area contributed by atoms with Crippen molar-refractivity contribution in [1.29, 1.82) is 0 Å². The maximum atomic E-state index is 15.1. The van der Waals surface area contributed by atoms with Crippen molar-refractivity contribution in [2.75, 3.05) is 61.8 Å². The molecule has 1 fully saturated rings. The van der Waals surface area contributed by atoms with E-state index in [2.05, 4.69) is 42.3 Å². The third-order valence-corrected chi connectivity index (χ3v) is 8.29. The molecule has 0 bridgehead atoms. The van der Waals surface area contributed by atoms with Gasteiger partial charge >= 0.3 is 0 Å². The van der Waals surface area contributed by atoms with Crippen LogP contribution in [0.15, 0.2) is 30.5 Å². The van der Waals surface area contributed by atoms with Crippen LogP contribution in [0.5, 0.6) is 0 Å². The summed E-state index contributed by atoms with van der Waals surface area (Å²) in [4.78, 5) is 34.6. The highest BCUT2D eigenvalue weighted by Crippen LogP contribution is 2.41. The molecule has 1 aromatic carbocycles. The molecule has 42 heavy (non-hydrogen) atoms. The van der Waals surface area contributed by atoms with E-state index in [1.807, 2.05) is 37.8 Å². The molecule has 3 aliphatic rings. The molecule has 0 aliphatic carbocycles. The minimum atomic E-state index is -0.644. The van der Waals surface area contributed by atoms with Gasteiger partial charge in [0.1, 0.15) is 17.3 Å². The Kier molecular flexibility index (Phi) is 7.67. The number of carbonyl (C=O) groups is 1. The standard InChI is InChI=1S/C30H37F2N9O/c1-18(2)41-19(3)34-29-22(31)13-21(14-25(29)41)28-23(32)15-33-30(37-28)36-26-6-5-20-16-40(8-7-24(20)35-26)27(42)17-39-11-9-38(4)10-12-39/h5-6,13-15,18-19,34H,7-12,16-17H2,1-4H3,(H,33,35,36,37). The second-order valence-electron chi connectivity index (χ2n) is 11.6. The van der Waals surface area contributed by atoms with Crippen LogP contribution in [0.3, 0.4) is 0 Å². The smallest absolute Gasteiger partial charge is 0.237 e. The molecule has 1 atom stereocenters. The number of hydrogen-bond donors (Lipinski definition) is 2. The molecule has 2 aromatic heterocycles. The van der Waals surface area contributed by atoms with Crippen LogP contribution in [0.4, 0.5) is 31.9 Å². The second kappa shape index (κ2) is 11.4. The quantitative estimate of drug-likeness (QED) is 0.455. The Hall–Kier alpha value is -3.90. The average Bonchev–Trinajstić information content (AvgIpc) is 3.31. The molecule has 222 valence electrons. The molecule has 0 spiro atoms. The average molecular weight is 578 g/mol. The lowest BCUT2D eigenvalue weighted by Gasteiger charge is -2.34. The molecule has 0 saturated carbocycles. The zero-order chi connectivity index (χ0) is 29.5. The molecular formula is C30H37F2N9O. The number of rotatable bonds is 6. The summed E-state index contributed by atoms with van der Waals surface area (Å²) in [6, 6.07) is 6.94. The van der Waals surface area contributed by atoms with Crippen molar-refractivity contribution in [3.8, 4) is 11.3 Å². The van der Waals surface area contributed by atoms with Crippen LogP contribution in [0.1, 0.15) is 32.0 Å². The highest BCUT2D eigenvalue weighted by atomic mass is 19.1. The number of nitrogens with zero attached hydrogens (tertiary/aromatic N) is 7. The summed E-state index contributed by atoms with van der Waals surface area (Å²) in [5.41, 5.74) is 3.32. The van der Waals surface area contributed by atoms with Crippen molar-refractivity contribution in [2.24, 2.45) is 0 Å². The lowest BCUT2D eigenvalue weighted by atomic mass is 10.1. The van der Waals surface area contributed by atoms with Gasteiger partial charge in [0.05, 0.1) is 30.3 Å². The Morgan fingerprint density at radius 2 is 1.88 bits per heavy atom. The fourth-order valence-corrected chi connectivity index (χ4v) is 6.03. The van der Waals surface area contributed by atoms with Gasteiger partial charge in [-0.2, -0.15) is 0 Å². The Morgan fingerprint density at radius 3 is 2.64 bits per heavy atom. The number of carbonyl (C=O) groups excluding carboxylic acids is 1. The van der Waals surface area contributed by atoms with Crippen molar-refractivity contribution in [3.63, 3.8) is 0 Å². The fraction of sp³-hybridized carbons (Fsp3) is 0.467. The van der Waals surface area contributed by atoms with E-state index in [4.69, 9.17) is 4.98 Å². The van der Waals surface area contributed by atoms with E-state index in [0.29, 0.717) is 48.8 Å². The Morgan fingerprint density at radius 1 is 1.10 bits per heavy atom. The van der Waals surface area contributed by atoms with Gasteiger partial charge in [-0.05, 0) is 51.6 Å². The number of amides is 1. The molecule has 1 saturated heterocycles. The Labute approximate surface area is 244 Å². The van der Waals surface area contributed by atoms with Crippen LogP contribution in [0.25, 0.3) is 11.3 Å². The van der Waals surface area contributed by atoms with Gasteiger partial charge in [-0.25, -0.2) is 23.7 Å². The minimum absolute atomic E-state index is 0.00456. The largest absolute Gasteiger partial charge is 0.361 e. The van der Waals surface area contributed by atoms with E-state index in [-0.39, 0.29) is 29.8 Å². The first-order chi connectivity index (χ1) is 20.2. The van der Waals surface area contributed by atoms with Gasteiger partial charge in [0.2, 0.25) is 11.9 Å². The lowest BCUT2D eigenvalue weighted by molar-refractivity contribution is -0.133. The molecule has 12 heteroatoms. The predicted molar refractivity (Wildman–Crippen MR) is 159 cm³/mol. The Balaban J connectivity index is 1.16. The van der Waals surface area contributed by atoms with Gasteiger partial charge in [0.15, 0.2) is 5.82 Å². The predicted octanol–water partition coefficient (Wildman–Crippen LogP) is 3.68. The molecular weight excluding hydrogens is 540 g/mol. The fourth-order valence-electron chi connectivity index (χ4n) is 6.03. The zero-order valence-corrected chi connectivity index (χ0v) is 24.5. The maximum absolute atomic E-state index is 15.1. The molecule has 5 heterocycles. The van der Waals surface area contributed by atoms with Crippen molar-refractivity contribution >= 4 is 29.0 Å². The van der Waals surface area contributed by atoms with E-state index >= 15 is 4.39 Å². The maximum Gasteiger partial charge on any atom is 0.237 e. The molecule has 1 amide bonds. The van der Waals surface area contributed by atoms with Gasteiger partial charge in [-0.3, -0.25) is 9.69 Å². The number of hydrogen-bond acceptors (Lipinski definition) is 9. The summed E-state index contributed by atoms with van der Waals surface area (Å²) in [5.74, 6) is -0.282. The van der Waals surface area contributed by atoms with Crippen LogP contribution < -0.4 is 15.5 Å². The molecule has 0 radical (unpaired) electrons. The number of pyridine rings is 1. The highest BCUT2D eigenvalue weighted by molar-refractivity contribution is 5.82. The van der Waals surface area contributed by atoms with E-state index < -0.39 is 11.6 Å². The topological polar surface area (TPSA) is 92.8 Å².